The Kier molecular flexibility index (Phi) is 7.41. The van der Waals surface area contributed by atoms with Gasteiger partial charge in [0.25, 0.3) is 0 Å². The summed E-state index contributed by atoms with van der Waals surface area (Å²) >= 11 is -0.945. The van der Waals surface area contributed by atoms with Gasteiger partial charge < -0.3 is 24.9 Å². The van der Waals surface area contributed by atoms with Crippen LogP contribution >= 0.6 is 11.3 Å². The van der Waals surface area contributed by atoms with Crippen molar-refractivity contribution in [3.05, 3.63) is 10.8 Å². The molecule has 1 aromatic rings. The van der Waals surface area contributed by atoms with Gasteiger partial charge in [-0.3, -0.25) is 4.18 Å². The molecule has 0 saturated heterocycles. The van der Waals surface area contributed by atoms with Gasteiger partial charge in [0.15, 0.2) is 17.6 Å². The van der Waals surface area contributed by atoms with E-state index in [1.165, 1.54) is 11.3 Å². The second-order valence-corrected chi connectivity index (χ2v) is 5.47. The minimum atomic E-state index is -2.47. The summed E-state index contributed by atoms with van der Waals surface area (Å²) in [6.45, 7) is 2.95. The van der Waals surface area contributed by atoms with Crippen LogP contribution in [0, 0.1) is 0 Å². The molecule has 7 nitrogen and oxygen atoms in total. The molecule has 2 heterocycles. The third kappa shape index (κ3) is 5.35. The van der Waals surface area contributed by atoms with Crippen molar-refractivity contribution in [3.63, 3.8) is 0 Å². The Bertz CT molecular complexity index is 427. The summed E-state index contributed by atoms with van der Waals surface area (Å²) < 4.78 is 41.7. The van der Waals surface area contributed by atoms with E-state index in [2.05, 4.69) is 4.18 Å². The quantitative estimate of drug-likeness (QED) is 0.599. The first-order valence-electron chi connectivity index (χ1n) is 5.85. The van der Waals surface area contributed by atoms with Crippen LogP contribution in [0.25, 0.3) is 0 Å². The van der Waals surface area contributed by atoms with Crippen molar-refractivity contribution in [2.75, 3.05) is 19.8 Å². The molecule has 3 atom stereocenters. The van der Waals surface area contributed by atoms with Gasteiger partial charge in [0.1, 0.15) is 6.61 Å². The first kappa shape index (κ1) is 17.3. The normalized spacial score (nSPS) is 20.0. The van der Waals surface area contributed by atoms with Crippen LogP contribution in [-0.4, -0.2) is 40.8 Å². The van der Waals surface area contributed by atoms with E-state index in [4.69, 9.17) is 14.2 Å². The molecule has 0 radical (unpaired) electrons. The van der Waals surface area contributed by atoms with Gasteiger partial charge in [0.05, 0.1) is 24.1 Å². The van der Waals surface area contributed by atoms with Crippen molar-refractivity contribution in [2.24, 2.45) is 0 Å². The zero-order valence-corrected chi connectivity index (χ0v) is 12.7. The van der Waals surface area contributed by atoms with Gasteiger partial charge in [-0.15, -0.1) is 11.3 Å². The fraction of sp³-hybridized carbons (Fsp3) is 0.636. The van der Waals surface area contributed by atoms with Crippen LogP contribution in [0.4, 0.5) is 0 Å². The number of ether oxygens (including phenoxy) is 3. The second kappa shape index (κ2) is 8.55. The molecule has 0 saturated carbocycles. The van der Waals surface area contributed by atoms with E-state index in [9.17, 15) is 8.76 Å². The molecule has 20 heavy (non-hydrogen) atoms. The Balaban J connectivity index is 0.00000200. The highest BCUT2D eigenvalue weighted by molar-refractivity contribution is 7.74. The molecule has 2 rings (SSSR count). The third-order valence-corrected chi connectivity index (χ3v) is 3.71. The predicted molar refractivity (Wildman–Crippen MR) is 74.2 cm³/mol. The molecule has 116 valence electrons. The van der Waals surface area contributed by atoms with Gasteiger partial charge in [-0.05, 0) is 13.3 Å². The molecule has 1 aliphatic rings. The lowest BCUT2D eigenvalue weighted by Gasteiger charge is -2.24. The van der Waals surface area contributed by atoms with Crippen LogP contribution in [0.1, 0.15) is 13.3 Å². The van der Waals surface area contributed by atoms with Gasteiger partial charge in [-0.25, -0.2) is 4.21 Å². The first-order chi connectivity index (χ1) is 9.15. The lowest BCUT2D eigenvalue weighted by Crippen LogP contribution is -2.33. The van der Waals surface area contributed by atoms with E-state index >= 15 is 0 Å². The monoisotopic (exact) mass is 324 g/mol. The Morgan fingerprint density at radius 3 is 3.05 bits per heavy atom. The minimum Gasteiger partial charge on any atom is -0.750 e. The number of thiophene rings is 1. The van der Waals surface area contributed by atoms with Crippen molar-refractivity contribution in [1.29, 1.82) is 0 Å². The van der Waals surface area contributed by atoms with Gasteiger partial charge >= 0.3 is 0 Å². The molecule has 1 aromatic heterocycles. The zero-order valence-electron chi connectivity index (χ0n) is 11.1. The molecule has 3 unspecified atom stereocenters. The van der Waals surface area contributed by atoms with Gasteiger partial charge in [-0.2, -0.15) is 0 Å². The Hall–Kier alpha value is -0.710. The van der Waals surface area contributed by atoms with Crippen molar-refractivity contribution in [1.82, 2.24) is 6.15 Å². The molecule has 0 bridgehead atoms. The van der Waals surface area contributed by atoms with Gasteiger partial charge in [0, 0.05) is 17.4 Å². The summed E-state index contributed by atoms with van der Waals surface area (Å²) in [6.07, 6.45) is -0.0112. The van der Waals surface area contributed by atoms with Crippen LogP contribution in [0.15, 0.2) is 10.8 Å². The standard InChI is InChI=1S/C11H16O6S2.H3N/c1-8(17-19(12)13)2-3-14-4-9-5-15-10-6-18-7-11(10)16-9;/h6-9H,2-5H2,1H3,(H,12,13);1H3/p-1. The van der Waals surface area contributed by atoms with E-state index in [1.54, 1.807) is 6.92 Å². The summed E-state index contributed by atoms with van der Waals surface area (Å²) in [4.78, 5) is 0. The fourth-order valence-electron chi connectivity index (χ4n) is 1.59. The summed E-state index contributed by atoms with van der Waals surface area (Å²) in [5.74, 6) is 1.53. The molecule has 0 fully saturated rings. The van der Waals surface area contributed by atoms with E-state index in [1.807, 2.05) is 10.8 Å². The highest BCUT2D eigenvalue weighted by Gasteiger charge is 2.21. The highest BCUT2D eigenvalue weighted by atomic mass is 32.2. The lowest BCUT2D eigenvalue weighted by atomic mass is 10.3. The summed E-state index contributed by atoms with van der Waals surface area (Å²) in [6, 6.07) is 0. The van der Waals surface area contributed by atoms with Crippen LogP contribution in [0.2, 0.25) is 0 Å². The molecular weight excluding hydrogens is 306 g/mol. The van der Waals surface area contributed by atoms with Crippen LogP contribution in [0.3, 0.4) is 0 Å². The molecule has 1 aliphatic heterocycles. The molecule has 0 aliphatic carbocycles. The third-order valence-electron chi connectivity index (χ3n) is 2.53. The second-order valence-electron chi connectivity index (χ2n) is 4.13. The topological polar surface area (TPSA) is 112 Å². The van der Waals surface area contributed by atoms with Gasteiger partial charge in [-0.1, -0.05) is 0 Å². The Morgan fingerprint density at radius 1 is 1.55 bits per heavy atom. The van der Waals surface area contributed by atoms with Crippen LogP contribution < -0.4 is 15.6 Å². The summed E-state index contributed by atoms with van der Waals surface area (Å²) in [5, 5.41) is 3.79. The lowest BCUT2D eigenvalue weighted by molar-refractivity contribution is 0.00302. The maximum absolute atomic E-state index is 10.3. The largest absolute Gasteiger partial charge is 0.750 e. The summed E-state index contributed by atoms with van der Waals surface area (Å²) in [5.41, 5.74) is 0. The maximum atomic E-state index is 10.3. The maximum Gasteiger partial charge on any atom is 0.172 e. The van der Waals surface area contributed by atoms with Crippen molar-refractivity contribution in [3.8, 4) is 11.5 Å². The fourth-order valence-corrected chi connectivity index (χ4v) is 2.63. The number of hydrogen-bond acceptors (Lipinski definition) is 8. The van der Waals surface area contributed by atoms with Crippen LogP contribution in [0.5, 0.6) is 11.5 Å². The highest BCUT2D eigenvalue weighted by Crippen LogP contribution is 2.35. The predicted octanol–water partition coefficient (Wildman–Crippen LogP) is 1.66. The minimum absolute atomic E-state index is 0. The van der Waals surface area contributed by atoms with E-state index < -0.39 is 11.4 Å². The number of fused-ring (bicyclic) bond motifs is 1. The summed E-state index contributed by atoms with van der Waals surface area (Å²) in [7, 11) is 0. The van der Waals surface area contributed by atoms with Crippen molar-refractivity contribution < 1.29 is 27.2 Å². The average Bonchev–Trinajstić information content (AvgIpc) is 2.81. The Labute approximate surface area is 124 Å². The number of hydrogen-bond donors (Lipinski definition) is 1. The number of rotatable bonds is 7. The van der Waals surface area contributed by atoms with E-state index in [0.29, 0.717) is 26.2 Å². The first-order valence-corrected chi connectivity index (χ1v) is 7.79. The molecule has 9 heteroatoms. The Morgan fingerprint density at radius 2 is 2.30 bits per heavy atom. The molecule has 0 amide bonds. The SMILES string of the molecule is CC(CCOCC1COc2cscc2O1)OS(=O)[O-].N. The van der Waals surface area contributed by atoms with Gasteiger partial charge in [0.2, 0.25) is 0 Å². The molecule has 3 N–H and O–H groups in total. The molecule has 0 spiro atoms. The van der Waals surface area contributed by atoms with E-state index in [0.717, 1.165) is 11.5 Å². The molecule has 0 aromatic carbocycles. The van der Waals surface area contributed by atoms with Crippen molar-refractivity contribution in [2.45, 2.75) is 25.6 Å². The average molecular weight is 324 g/mol. The zero-order chi connectivity index (χ0) is 13.7. The smallest absolute Gasteiger partial charge is 0.172 e. The van der Waals surface area contributed by atoms with Crippen molar-refractivity contribution >= 4 is 22.7 Å². The van der Waals surface area contributed by atoms with Crippen LogP contribution in [-0.2, 0) is 20.3 Å². The molecular formula is C11H18NO6S2-. The van der Waals surface area contributed by atoms with E-state index in [-0.39, 0.29) is 18.4 Å².